The van der Waals surface area contributed by atoms with Crippen LogP contribution in [0.2, 0.25) is 0 Å². The number of H-pyrrole nitrogens is 1. The molecule has 0 bridgehead atoms. The maximum atomic E-state index is 13.3. The van der Waals surface area contributed by atoms with E-state index in [2.05, 4.69) is 16.5 Å². The molecule has 3 rings (SSSR count). The number of nitrogens with two attached hydrogens (primary N) is 1. The second-order valence-corrected chi connectivity index (χ2v) is 5.82. The van der Waals surface area contributed by atoms with Gasteiger partial charge in [0, 0.05) is 12.8 Å². The lowest BCUT2D eigenvalue weighted by Crippen LogP contribution is -2.11. The molecule has 4 nitrogen and oxygen atoms in total. The third-order valence-corrected chi connectivity index (χ3v) is 4.00. The number of aromatic amines is 1. The van der Waals surface area contributed by atoms with E-state index in [1.165, 1.54) is 12.1 Å². The smallest absolute Gasteiger partial charge is 0.217 e. The molecule has 5 heteroatoms. The molecule has 1 amide bonds. The van der Waals surface area contributed by atoms with Crippen LogP contribution >= 0.6 is 0 Å². The Morgan fingerprint density at radius 3 is 2.79 bits per heavy atom. The van der Waals surface area contributed by atoms with Crippen LogP contribution in [0.15, 0.2) is 43.0 Å². The molecular formula is C19H18FN3O. The Hall–Kier alpha value is -2.95. The van der Waals surface area contributed by atoms with Gasteiger partial charge in [-0.15, -0.1) is 0 Å². The number of carbonyl (C=O) groups excluding carboxylic acids is 1. The van der Waals surface area contributed by atoms with Gasteiger partial charge in [-0.2, -0.15) is 0 Å². The minimum Gasteiger partial charge on any atom is -0.370 e. The van der Waals surface area contributed by atoms with Gasteiger partial charge in [0.25, 0.3) is 0 Å². The molecule has 1 aromatic heterocycles. The van der Waals surface area contributed by atoms with Crippen molar-refractivity contribution in [2.75, 3.05) is 0 Å². The van der Waals surface area contributed by atoms with Crippen LogP contribution in [0.1, 0.15) is 28.9 Å². The Labute approximate surface area is 139 Å². The number of primary amides is 1. The monoisotopic (exact) mass is 323 g/mol. The summed E-state index contributed by atoms with van der Waals surface area (Å²) in [6.45, 7) is 6.00. The van der Waals surface area contributed by atoms with Crippen LogP contribution in [0.5, 0.6) is 0 Å². The first-order valence-electron chi connectivity index (χ1n) is 7.67. The van der Waals surface area contributed by atoms with Crippen LogP contribution in [0.25, 0.3) is 16.6 Å². The van der Waals surface area contributed by atoms with Gasteiger partial charge in [-0.05, 0) is 53.5 Å². The van der Waals surface area contributed by atoms with Crippen molar-refractivity contribution in [3.63, 3.8) is 0 Å². The second-order valence-electron chi connectivity index (χ2n) is 5.82. The van der Waals surface area contributed by atoms with E-state index < -0.39 is 0 Å². The van der Waals surface area contributed by atoms with Crippen molar-refractivity contribution < 1.29 is 9.18 Å². The molecule has 0 saturated heterocycles. The van der Waals surface area contributed by atoms with Gasteiger partial charge in [0.2, 0.25) is 5.91 Å². The first-order chi connectivity index (χ1) is 11.4. The highest BCUT2D eigenvalue weighted by Crippen LogP contribution is 2.27. The summed E-state index contributed by atoms with van der Waals surface area (Å²) in [5.74, 6) is 0.119. The highest BCUT2D eigenvalue weighted by atomic mass is 19.1. The van der Waals surface area contributed by atoms with E-state index in [-0.39, 0.29) is 18.1 Å². The summed E-state index contributed by atoms with van der Waals surface area (Å²) in [7, 11) is 0. The van der Waals surface area contributed by atoms with Crippen molar-refractivity contribution in [2.24, 2.45) is 5.73 Å². The number of benzene rings is 2. The van der Waals surface area contributed by atoms with E-state index in [1.54, 1.807) is 6.07 Å². The molecule has 0 fully saturated rings. The molecule has 0 aliphatic heterocycles. The normalized spacial score (nSPS) is 10.9. The maximum absolute atomic E-state index is 13.3. The molecule has 122 valence electrons. The molecule has 0 saturated carbocycles. The van der Waals surface area contributed by atoms with Gasteiger partial charge in [0.1, 0.15) is 11.6 Å². The summed E-state index contributed by atoms with van der Waals surface area (Å²) in [6.07, 6.45) is 0.742. The van der Waals surface area contributed by atoms with Crippen LogP contribution in [0, 0.1) is 12.7 Å². The molecule has 2 aromatic carbocycles. The SMILES string of the molecule is C=C(c1ccc2nc(CCC(N)=O)[nH]c2c1)c1ccc(F)cc1C. The molecule has 24 heavy (non-hydrogen) atoms. The van der Waals surface area contributed by atoms with Gasteiger partial charge in [-0.25, -0.2) is 9.37 Å². The van der Waals surface area contributed by atoms with Gasteiger partial charge >= 0.3 is 0 Å². The van der Waals surface area contributed by atoms with Gasteiger partial charge in [0.05, 0.1) is 11.0 Å². The fourth-order valence-corrected chi connectivity index (χ4v) is 2.73. The summed E-state index contributed by atoms with van der Waals surface area (Å²) >= 11 is 0. The minimum absolute atomic E-state index is 0.257. The molecule has 3 N–H and O–H groups in total. The number of aryl methyl sites for hydroxylation is 2. The zero-order chi connectivity index (χ0) is 17.3. The average Bonchev–Trinajstić information content (AvgIpc) is 2.94. The number of nitrogens with zero attached hydrogens (tertiary/aromatic N) is 1. The Morgan fingerprint density at radius 1 is 1.29 bits per heavy atom. The maximum Gasteiger partial charge on any atom is 0.217 e. The van der Waals surface area contributed by atoms with Crippen molar-refractivity contribution in [2.45, 2.75) is 19.8 Å². The summed E-state index contributed by atoms with van der Waals surface area (Å²) in [4.78, 5) is 18.5. The molecule has 0 aliphatic carbocycles. The highest BCUT2D eigenvalue weighted by Gasteiger charge is 2.10. The fourth-order valence-electron chi connectivity index (χ4n) is 2.73. The van der Waals surface area contributed by atoms with Gasteiger partial charge < -0.3 is 10.7 Å². The first kappa shape index (κ1) is 15.9. The summed E-state index contributed by atoms with van der Waals surface area (Å²) in [5, 5.41) is 0. The topological polar surface area (TPSA) is 71.8 Å². The molecule has 0 atom stereocenters. The lowest BCUT2D eigenvalue weighted by Gasteiger charge is -2.10. The third kappa shape index (κ3) is 3.20. The molecular weight excluding hydrogens is 305 g/mol. The quantitative estimate of drug-likeness (QED) is 0.754. The van der Waals surface area contributed by atoms with E-state index in [0.717, 1.165) is 39.1 Å². The number of amides is 1. The minimum atomic E-state index is -0.351. The van der Waals surface area contributed by atoms with Crippen LogP contribution in [0.3, 0.4) is 0 Å². The van der Waals surface area contributed by atoms with E-state index >= 15 is 0 Å². The molecule has 1 heterocycles. The Bertz CT molecular complexity index is 943. The molecule has 0 aliphatic rings. The van der Waals surface area contributed by atoms with Crippen LogP contribution < -0.4 is 5.73 Å². The predicted octanol–water partition coefficient (Wildman–Crippen LogP) is 3.49. The third-order valence-electron chi connectivity index (χ3n) is 4.00. The number of rotatable bonds is 5. The van der Waals surface area contributed by atoms with E-state index in [0.29, 0.717) is 6.42 Å². The average molecular weight is 323 g/mol. The van der Waals surface area contributed by atoms with Crippen molar-refractivity contribution >= 4 is 22.5 Å². The number of halogens is 1. The van der Waals surface area contributed by atoms with E-state index in [4.69, 9.17) is 5.73 Å². The summed E-state index contributed by atoms with van der Waals surface area (Å²) in [6, 6.07) is 10.5. The van der Waals surface area contributed by atoms with Crippen LogP contribution in [0.4, 0.5) is 4.39 Å². The zero-order valence-electron chi connectivity index (χ0n) is 13.4. The number of nitrogens with one attached hydrogen (secondary N) is 1. The standard InChI is InChI=1S/C19H18FN3O/c1-11-9-14(20)4-5-15(11)12(2)13-3-6-16-17(10-13)23-19(22-16)8-7-18(21)24/h3-6,9-10H,2,7-8H2,1H3,(H2,21,24)(H,22,23). The molecule has 0 radical (unpaired) electrons. The largest absolute Gasteiger partial charge is 0.370 e. The summed E-state index contributed by atoms with van der Waals surface area (Å²) in [5.41, 5.74) is 10.4. The Morgan fingerprint density at radius 2 is 2.08 bits per heavy atom. The van der Waals surface area contributed by atoms with Crippen LogP contribution in [-0.4, -0.2) is 15.9 Å². The number of imidazole rings is 1. The van der Waals surface area contributed by atoms with Gasteiger partial charge in [-0.1, -0.05) is 18.7 Å². The van der Waals surface area contributed by atoms with Gasteiger partial charge in [0.15, 0.2) is 0 Å². The predicted molar refractivity (Wildman–Crippen MR) is 92.9 cm³/mol. The lowest BCUT2D eigenvalue weighted by molar-refractivity contribution is -0.118. The molecule has 0 unspecified atom stereocenters. The second kappa shape index (κ2) is 6.28. The Balaban J connectivity index is 1.92. The molecule has 0 spiro atoms. The van der Waals surface area contributed by atoms with Crippen molar-refractivity contribution in [3.05, 3.63) is 71.3 Å². The van der Waals surface area contributed by atoms with Crippen LogP contribution in [-0.2, 0) is 11.2 Å². The van der Waals surface area contributed by atoms with Gasteiger partial charge in [-0.3, -0.25) is 4.79 Å². The number of aromatic nitrogens is 2. The highest BCUT2D eigenvalue weighted by molar-refractivity contribution is 5.86. The van der Waals surface area contributed by atoms with Crippen molar-refractivity contribution in [1.29, 1.82) is 0 Å². The summed E-state index contributed by atoms with van der Waals surface area (Å²) < 4.78 is 13.3. The van der Waals surface area contributed by atoms with Crippen molar-refractivity contribution in [3.8, 4) is 0 Å². The zero-order valence-corrected chi connectivity index (χ0v) is 13.4. The molecule has 3 aromatic rings. The number of carbonyl (C=O) groups is 1. The Kier molecular flexibility index (Phi) is 4.16. The number of hydrogen-bond acceptors (Lipinski definition) is 2. The van der Waals surface area contributed by atoms with Crippen molar-refractivity contribution in [1.82, 2.24) is 9.97 Å². The lowest BCUT2D eigenvalue weighted by atomic mass is 9.95. The number of fused-ring (bicyclic) bond motifs is 1. The van der Waals surface area contributed by atoms with E-state index in [1.807, 2.05) is 25.1 Å². The number of hydrogen-bond donors (Lipinski definition) is 2. The first-order valence-corrected chi connectivity index (χ1v) is 7.67. The fraction of sp³-hybridized carbons (Fsp3) is 0.158. The van der Waals surface area contributed by atoms with E-state index in [9.17, 15) is 9.18 Å².